The summed E-state index contributed by atoms with van der Waals surface area (Å²) in [6, 6.07) is 0. The minimum Gasteiger partial charge on any atom is -0.344 e. The van der Waals surface area contributed by atoms with Crippen LogP contribution in [-0.2, 0) is 26.2 Å². The third-order valence-corrected chi connectivity index (χ3v) is 6.72. The molecule has 0 aliphatic heterocycles. The standard InChI is InChI=1S/2C6H15O2P.Fe/c2*1-3-5-6-9(7,8)4-2;/h2*3-6H2,1-2H3,(H,7,8);. The molecule has 2 atom stereocenters. The van der Waals surface area contributed by atoms with E-state index in [0.29, 0.717) is 24.6 Å². The van der Waals surface area contributed by atoms with E-state index < -0.39 is 14.7 Å². The van der Waals surface area contributed by atoms with Gasteiger partial charge in [-0.25, -0.2) is 0 Å². The van der Waals surface area contributed by atoms with E-state index in [-0.39, 0.29) is 17.1 Å². The Morgan fingerprint density at radius 1 is 0.737 bits per heavy atom. The zero-order valence-electron chi connectivity index (χ0n) is 12.6. The van der Waals surface area contributed by atoms with Crippen molar-refractivity contribution in [2.45, 2.75) is 53.4 Å². The molecule has 0 heterocycles. The van der Waals surface area contributed by atoms with Gasteiger partial charge in [0.1, 0.15) is 0 Å². The van der Waals surface area contributed by atoms with Gasteiger partial charge in [0.25, 0.3) is 0 Å². The summed E-state index contributed by atoms with van der Waals surface area (Å²) in [6.45, 7) is 7.57. The van der Waals surface area contributed by atoms with Gasteiger partial charge in [-0.1, -0.05) is 40.5 Å². The Hall–Kier alpha value is 0.899. The van der Waals surface area contributed by atoms with Gasteiger partial charge in [0.2, 0.25) is 0 Å². The molecule has 0 aromatic rings. The molecule has 7 heteroatoms. The molecule has 0 rings (SSSR count). The summed E-state index contributed by atoms with van der Waals surface area (Å²) in [5.41, 5.74) is 0. The summed E-state index contributed by atoms with van der Waals surface area (Å²) in [4.78, 5) is 18.0. The van der Waals surface area contributed by atoms with E-state index in [2.05, 4.69) is 0 Å². The van der Waals surface area contributed by atoms with Crippen LogP contribution in [0.25, 0.3) is 0 Å². The second-order valence-electron chi connectivity index (χ2n) is 4.48. The van der Waals surface area contributed by atoms with Gasteiger partial charge in [-0.15, -0.1) is 0 Å². The Morgan fingerprint density at radius 3 is 1.16 bits per heavy atom. The molecule has 4 nitrogen and oxygen atoms in total. The molecule has 19 heavy (non-hydrogen) atoms. The van der Waals surface area contributed by atoms with Gasteiger partial charge in [0.15, 0.2) is 14.7 Å². The van der Waals surface area contributed by atoms with Crippen molar-refractivity contribution in [3.8, 4) is 0 Å². The maximum Gasteiger partial charge on any atom is 0.200 e. The quantitative estimate of drug-likeness (QED) is 0.506. The van der Waals surface area contributed by atoms with E-state index in [4.69, 9.17) is 9.79 Å². The van der Waals surface area contributed by atoms with E-state index in [9.17, 15) is 9.13 Å². The molecule has 0 amide bonds. The average molecular weight is 356 g/mol. The van der Waals surface area contributed by atoms with Gasteiger partial charge in [-0.3, -0.25) is 9.13 Å². The monoisotopic (exact) mass is 356 g/mol. The van der Waals surface area contributed by atoms with Crippen LogP contribution in [0, 0.1) is 0 Å². The SMILES string of the molecule is CCCCP(=O)(O)CC.CCCCP(=O)(O)CC.[Fe]. The Balaban J connectivity index is -0.000000256. The smallest absolute Gasteiger partial charge is 0.200 e. The molecule has 0 aromatic heterocycles. The minimum absolute atomic E-state index is 0. The van der Waals surface area contributed by atoms with Crippen LogP contribution >= 0.6 is 14.7 Å². The summed E-state index contributed by atoms with van der Waals surface area (Å²) >= 11 is 0. The molecule has 120 valence electrons. The van der Waals surface area contributed by atoms with Crippen molar-refractivity contribution >= 4 is 14.7 Å². The van der Waals surface area contributed by atoms with E-state index >= 15 is 0 Å². The van der Waals surface area contributed by atoms with Crippen molar-refractivity contribution in [2.75, 3.05) is 24.6 Å². The largest absolute Gasteiger partial charge is 0.344 e. The molecule has 0 radical (unpaired) electrons. The van der Waals surface area contributed by atoms with Crippen LogP contribution in [0.4, 0.5) is 0 Å². The average Bonchev–Trinajstić information content (AvgIpc) is 2.35. The predicted molar refractivity (Wildman–Crippen MR) is 80.3 cm³/mol. The van der Waals surface area contributed by atoms with E-state index in [0.717, 1.165) is 25.7 Å². The molecule has 0 saturated heterocycles. The molecular weight excluding hydrogens is 326 g/mol. The maximum absolute atomic E-state index is 10.9. The first-order valence-corrected chi connectivity index (χ1v) is 10.9. The molecule has 0 fully saturated rings. The first-order valence-electron chi connectivity index (χ1n) is 6.86. The van der Waals surface area contributed by atoms with Crippen LogP contribution in [0.1, 0.15) is 53.4 Å². The fraction of sp³-hybridized carbons (Fsp3) is 1.00. The zero-order chi connectivity index (χ0) is 14.7. The van der Waals surface area contributed by atoms with Crippen molar-refractivity contribution < 1.29 is 36.0 Å². The summed E-state index contributed by atoms with van der Waals surface area (Å²) in [7, 11) is -5.38. The molecular formula is C12H30FeO4P2. The second kappa shape index (κ2) is 13.9. The van der Waals surface area contributed by atoms with Crippen molar-refractivity contribution in [2.24, 2.45) is 0 Å². The van der Waals surface area contributed by atoms with Crippen LogP contribution in [0.2, 0.25) is 0 Å². The topological polar surface area (TPSA) is 74.6 Å². The van der Waals surface area contributed by atoms with E-state index in [1.54, 1.807) is 13.8 Å². The van der Waals surface area contributed by atoms with Crippen molar-refractivity contribution in [1.29, 1.82) is 0 Å². The van der Waals surface area contributed by atoms with Gasteiger partial charge >= 0.3 is 0 Å². The van der Waals surface area contributed by atoms with Crippen molar-refractivity contribution in [1.82, 2.24) is 0 Å². The molecule has 0 spiro atoms. The second-order valence-corrected chi connectivity index (χ2v) is 10.0. The van der Waals surface area contributed by atoms with Crippen LogP contribution in [0.15, 0.2) is 0 Å². The Morgan fingerprint density at radius 2 is 1.00 bits per heavy atom. The molecule has 0 bridgehead atoms. The van der Waals surface area contributed by atoms with Crippen molar-refractivity contribution in [3.63, 3.8) is 0 Å². The van der Waals surface area contributed by atoms with Gasteiger partial charge in [-0.2, -0.15) is 0 Å². The number of hydrogen-bond donors (Lipinski definition) is 2. The first-order chi connectivity index (χ1) is 8.24. The molecule has 2 unspecified atom stereocenters. The summed E-state index contributed by atoms with van der Waals surface area (Å²) in [5.74, 6) is 0. The normalized spacial score (nSPS) is 16.3. The van der Waals surface area contributed by atoms with Gasteiger partial charge in [0.05, 0.1) is 0 Å². The Kier molecular flexibility index (Phi) is 18.2. The van der Waals surface area contributed by atoms with Crippen molar-refractivity contribution in [3.05, 3.63) is 0 Å². The first kappa shape index (κ1) is 24.9. The fourth-order valence-electron chi connectivity index (χ4n) is 1.13. The third kappa shape index (κ3) is 18.9. The number of rotatable bonds is 8. The number of unbranched alkanes of at least 4 members (excludes halogenated alkanes) is 2. The summed E-state index contributed by atoms with van der Waals surface area (Å²) < 4.78 is 21.8. The Labute approximate surface area is 129 Å². The summed E-state index contributed by atoms with van der Waals surface area (Å²) in [5, 5.41) is 0. The zero-order valence-corrected chi connectivity index (χ0v) is 15.5. The van der Waals surface area contributed by atoms with Gasteiger partial charge in [0, 0.05) is 41.7 Å². The molecule has 2 N–H and O–H groups in total. The minimum atomic E-state index is -2.69. The van der Waals surface area contributed by atoms with Crippen LogP contribution in [0.5, 0.6) is 0 Å². The summed E-state index contributed by atoms with van der Waals surface area (Å²) in [6.07, 6.45) is 5.61. The molecule has 0 aliphatic carbocycles. The van der Waals surface area contributed by atoms with E-state index in [1.807, 2.05) is 13.8 Å². The van der Waals surface area contributed by atoms with Crippen LogP contribution in [0.3, 0.4) is 0 Å². The maximum atomic E-state index is 10.9. The Bertz CT molecular complexity index is 257. The third-order valence-electron chi connectivity index (χ3n) is 2.71. The van der Waals surface area contributed by atoms with E-state index in [1.165, 1.54) is 0 Å². The van der Waals surface area contributed by atoms with Gasteiger partial charge in [-0.05, 0) is 12.8 Å². The predicted octanol–water partition coefficient (Wildman–Crippen LogP) is 4.15. The van der Waals surface area contributed by atoms with Crippen LogP contribution < -0.4 is 0 Å². The van der Waals surface area contributed by atoms with Crippen LogP contribution in [-0.4, -0.2) is 34.4 Å². The number of hydrogen-bond acceptors (Lipinski definition) is 2. The van der Waals surface area contributed by atoms with Gasteiger partial charge < -0.3 is 9.79 Å². The molecule has 0 aliphatic rings. The fourth-order valence-corrected chi connectivity index (χ4v) is 3.38. The molecule has 0 aromatic carbocycles. The molecule has 0 saturated carbocycles.